The van der Waals surface area contributed by atoms with Crippen LogP contribution in [0.5, 0.6) is 5.75 Å². The van der Waals surface area contributed by atoms with Gasteiger partial charge in [-0.15, -0.1) is 11.3 Å². The molecule has 0 aliphatic carbocycles. The number of alkyl halides is 2. The van der Waals surface area contributed by atoms with Gasteiger partial charge in [0.15, 0.2) is 0 Å². The van der Waals surface area contributed by atoms with E-state index in [4.69, 9.17) is 5.11 Å². The number of carbonyl (C=O) groups excluding carboxylic acids is 1. The second kappa shape index (κ2) is 7.78. The van der Waals surface area contributed by atoms with Gasteiger partial charge in [0, 0.05) is 0 Å². The van der Waals surface area contributed by atoms with Crippen LogP contribution in [-0.4, -0.2) is 29.6 Å². The summed E-state index contributed by atoms with van der Waals surface area (Å²) in [5.41, 5.74) is 0. The molecule has 0 saturated heterocycles. The molecule has 1 rings (SSSR count). The van der Waals surface area contributed by atoms with Crippen LogP contribution in [0.15, 0.2) is 11.4 Å². The molecule has 1 amide bonds. The van der Waals surface area contributed by atoms with Crippen molar-refractivity contribution < 1.29 is 28.2 Å². The van der Waals surface area contributed by atoms with E-state index in [0.29, 0.717) is 6.42 Å². The molecule has 0 radical (unpaired) electrons. The zero-order valence-corrected chi connectivity index (χ0v) is 11.6. The molecule has 1 heterocycles. The van der Waals surface area contributed by atoms with E-state index in [1.54, 1.807) is 0 Å². The first kappa shape index (κ1) is 16.4. The van der Waals surface area contributed by atoms with Crippen molar-refractivity contribution in [3.63, 3.8) is 0 Å². The number of thiophene rings is 1. The van der Waals surface area contributed by atoms with Crippen LogP contribution in [0.2, 0.25) is 0 Å². The third-order valence-corrected chi connectivity index (χ3v) is 3.40. The summed E-state index contributed by atoms with van der Waals surface area (Å²) in [5.74, 6) is -2.12. The minimum absolute atomic E-state index is 0.0620. The predicted molar refractivity (Wildman–Crippen MR) is 69.4 cm³/mol. The maximum Gasteiger partial charge on any atom is 0.387 e. The summed E-state index contributed by atoms with van der Waals surface area (Å²) in [6.07, 6.45) is 1.72. The minimum Gasteiger partial charge on any atom is -0.480 e. The summed E-state index contributed by atoms with van der Waals surface area (Å²) >= 11 is 0.914. The molecular weight excluding hydrogens is 292 g/mol. The SMILES string of the molecule is CCCCC(NC(=O)c1sccc1OC(F)F)C(=O)O. The van der Waals surface area contributed by atoms with Gasteiger partial charge in [-0.3, -0.25) is 4.79 Å². The van der Waals surface area contributed by atoms with E-state index in [0.717, 1.165) is 17.8 Å². The summed E-state index contributed by atoms with van der Waals surface area (Å²) in [4.78, 5) is 22.8. The molecule has 0 spiro atoms. The predicted octanol–water partition coefficient (Wildman–Crippen LogP) is 2.72. The van der Waals surface area contributed by atoms with Gasteiger partial charge in [-0.25, -0.2) is 4.79 Å². The number of halogens is 2. The highest BCUT2D eigenvalue weighted by Crippen LogP contribution is 2.26. The highest BCUT2D eigenvalue weighted by atomic mass is 32.1. The zero-order valence-electron chi connectivity index (χ0n) is 10.8. The fourth-order valence-corrected chi connectivity index (χ4v) is 2.27. The van der Waals surface area contributed by atoms with Gasteiger partial charge in [0.05, 0.1) is 0 Å². The van der Waals surface area contributed by atoms with Crippen molar-refractivity contribution in [1.82, 2.24) is 5.32 Å². The van der Waals surface area contributed by atoms with E-state index in [1.807, 2.05) is 6.92 Å². The minimum atomic E-state index is -3.04. The van der Waals surface area contributed by atoms with Crippen LogP contribution in [-0.2, 0) is 4.79 Å². The van der Waals surface area contributed by atoms with Crippen LogP contribution < -0.4 is 10.1 Å². The topological polar surface area (TPSA) is 75.6 Å². The van der Waals surface area contributed by atoms with Crippen LogP contribution in [0.4, 0.5) is 8.78 Å². The van der Waals surface area contributed by atoms with Gasteiger partial charge < -0.3 is 15.2 Å². The molecular formula is C12H15F2NO4S. The quantitative estimate of drug-likeness (QED) is 0.774. The summed E-state index contributed by atoms with van der Waals surface area (Å²) in [6.45, 7) is -1.14. The number of unbranched alkanes of at least 4 members (excludes halogenated alkanes) is 1. The molecule has 0 fully saturated rings. The molecule has 0 aromatic carbocycles. The van der Waals surface area contributed by atoms with Gasteiger partial charge >= 0.3 is 12.6 Å². The van der Waals surface area contributed by atoms with Crippen molar-refractivity contribution in [2.45, 2.75) is 38.8 Å². The van der Waals surface area contributed by atoms with Crippen molar-refractivity contribution in [2.24, 2.45) is 0 Å². The molecule has 1 aromatic heterocycles. The zero-order chi connectivity index (χ0) is 15.1. The molecule has 8 heteroatoms. The maximum absolute atomic E-state index is 12.2. The van der Waals surface area contributed by atoms with Crippen LogP contribution in [0.1, 0.15) is 35.9 Å². The Morgan fingerprint density at radius 2 is 2.20 bits per heavy atom. The average Bonchev–Trinajstić information content (AvgIpc) is 2.81. The molecule has 0 aliphatic rings. The first-order valence-electron chi connectivity index (χ1n) is 6.01. The first-order chi connectivity index (χ1) is 9.45. The van der Waals surface area contributed by atoms with Crippen LogP contribution in [0.25, 0.3) is 0 Å². The lowest BCUT2D eigenvalue weighted by atomic mass is 10.1. The number of carbonyl (C=O) groups is 2. The standard InChI is InChI=1S/C12H15F2NO4S/c1-2-3-4-7(11(17)18)15-10(16)9-8(5-6-20-9)19-12(13)14/h5-7,12H,2-4H2,1H3,(H,15,16)(H,17,18). The Labute approximate surface area is 118 Å². The van der Waals surface area contributed by atoms with E-state index in [9.17, 15) is 18.4 Å². The van der Waals surface area contributed by atoms with Crippen LogP contribution in [0.3, 0.4) is 0 Å². The van der Waals surface area contributed by atoms with Crippen molar-refractivity contribution >= 4 is 23.2 Å². The lowest BCUT2D eigenvalue weighted by molar-refractivity contribution is -0.139. The third kappa shape index (κ3) is 4.76. The number of hydrogen-bond donors (Lipinski definition) is 2. The van der Waals surface area contributed by atoms with Crippen LogP contribution in [0, 0.1) is 0 Å². The Morgan fingerprint density at radius 3 is 2.75 bits per heavy atom. The molecule has 1 aromatic rings. The molecule has 1 atom stereocenters. The first-order valence-corrected chi connectivity index (χ1v) is 6.89. The molecule has 0 bridgehead atoms. The van der Waals surface area contributed by atoms with Gasteiger partial charge in [-0.1, -0.05) is 19.8 Å². The Hall–Kier alpha value is -1.70. The highest BCUT2D eigenvalue weighted by Gasteiger charge is 2.23. The molecule has 2 N–H and O–H groups in total. The summed E-state index contributed by atoms with van der Waals surface area (Å²) < 4.78 is 28.5. The van der Waals surface area contributed by atoms with Gasteiger partial charge in [-0.2, -0.15) is 8.78 Å². The average molecular weight is 307 g/mol. The second-order valence-corrected chi connectivity index (χ2v) is 4.92. The van der Waals surface area contributed by atoms with Crippen LogP contribution >= 0.6 is 11.3 Å². The lowest BCUT2D eigenvalue weighted by Crippen LogP contribution is -2.40. The fraction of sp³-hybridized carbons (Fsp3) is 0.500. The smallest absolute Gasteiger partial charge is 0.387 e. The number of amides is 1. The second-order valence-electron chi connectivity index (χ2n) is 4.00. The summed E-state index contributed by atoms with van der Waals surface area (Å²) in [7, 11) is 0. The highest BCUT2D eigenvalue weighted by molar-refractivity contribution is 7.12. The van der Waals surface area contributed by atoms with Crippen molar-refractivity contribution in [1.29, 1.82) is 0 Å². The Kier molecular flexibility index (Phi) is 6.37. The Balaban J connectivity index is 2.73. The lowest BCUT2D eigenvalue weighted by Gasteiger charge is -2.14. The Morgan fingerprint density at radius 1 is 1.50 bits per heavy atom. The van der Waals surface area contributed by atoms with Gasteiger partial charge in [0.1, 0.15) is 16.7 Å². The van der Waals surface area contributed by atoms with Gasteiger partial charge in [-0.05, 0) is 17.9 Å². The number of ether oxygens (including phenoxy) is 1. The number of rotatable bonds is 8. The van der Waals surface area contributed by atoms with Crippen molar-refractivity contribution in [3.8, 4) is 5.75 Å². The van der Waals surface area contributed by atoms with E-state index < -0.39 is 24.5 Å². The van der Waals surface area contributed by atoms with Crippen molar-refractivity contribution in [3.05, 3.63) is 16.3 Å². The normalized spacial score (nSPS) is 12.2. The fourth-order valence-electron chi connectivity index (χ4n) is 1.54. The molecule has 112 valence electrons. The Bertz CT molecular complexity index is 464. The largest absolute Gasteiger partial charge is 0.480 e. The molecule has 0 saturated carbocycles. The van der Waals surface area contributed by atoms with Gasteiger partial charge in [0.25, 0.3) is 5.91 Å². The van der Waals surface area contributed by atoms with E-state index >= 15 is 0 Å². The third-order valence-electron chi connectivity index (χ3n) is 2.50. The van der Waals surface area contributed by atoms with E-state index in [-0.39, 0.29) is 17.0 Å². The number of hydrogen-bond acceptors (Lipinski definition) is 4. The monoisotopic (exact) mass is 307 g/mol. The van der Waals surface area contributed by atoms with E-state index in [1.165, 1.54) is 11.4 Å². The summed E-state index contributed by atoms with van der Waals surface area (Å²) in [5, 5.41) is 12.7. The maximum atomic E-state index is 12.2. The molecule has 1 unspecified atom stereocenters. The number of carboxylic acids is 1. The number of carboxylic acid groups (broad SMARTS) is 1. The van der Waals surface area contributed by atoms with Gasteiger partial charge in [0.2, 0.25) is 0 Å². The molecule has 20 heavy (non-hydrogen) atoms. The van der Waals surface area contributed by atoms with E-state index in [2.05, 4.69) is 10.1 Å². The molecule has 0 aliphatic heterocycles. The molecule has 5 nitrogen and oxygen atoms in total. The summed E-state index contributed by atoms with van der Waals surface area (Å²) in [6, 6.07) is 0.206. The number of nitrogens with one attached hydrogen (secondary N) is 1. The van der Waals surface area contributed by atoms with Crippen molar-refractivity contribution in [2.75, 3.05) is 0 Å². The number of aliphatic carboxylic acids is 1.